The summed E-state index contributed by atoms with van der Waals surface area (Å²) in [5.41, 5.74) is 4.52. The number of nitrogens with two attached hydrogens (primary N) is 1. The monoisotopic (exact) mass is 454 g/mol. The van der Waals surface area contributed by atoms with Gasteiger partial charge in [0.25, 0.3) is 0 Å². The van der Waals surface area contributed by atoms with Crippen LogP contribution in [-0.2, 0) is 19.4 Å². The molecule has 0 fully saturated rings. The van der Waals surface area contributed by atoms with Crippen molar-refractivity contribution in [3.05, 3.63) is 87.4 Å². The zero-order chi connectivity index (χ0) is 20.2. The number of benzene rings is 3. The Kier molecular flexibility index (Phi) is 6.07. The van der Waals surface area contributed by atoms with Gasteiger partial charge in [-0.1, -0.05) is 58.4 Å². The van der Waals surface area contributed by atoms with Crippen LogP contribution in [0.25, 0.3) is 0 Å². The van der Waals surface area contributed by atoms with E-state index in [0.717, 1.165) is 40.7 Å². The molecule has 150 valence electrons. The van der Waals surface area contributed by atoms with Crippen LogP contribution in [0.15, 0.2) is 65.1 Å². The van der Waals surface area contributed by atoms with E-state index in [0.29, 0.717) is 12.4 Å². The first-order valence-corrected chi connectivity index (χ1v) is 10.6. The third-order valence-corrected chi connectivity index (χ3v) is 6.13. The number of ether oxygens (including phenoxy) is 2. The van der Waals surface area contributed by atoms with Crippen LogP contribution in [0.3, 0.4) is 0 Å². The Bertz CT molecular complexity index is 974. The summed E-state index contributed by atoms with van der Waals surface area (Å²) in [6.45, 7) is 1.56. The number of hydrogen-bond donors (Lipinski definition) is 2. The largest absolute Gasteiger partial charge is 0.504 e. The molecule has 1 aliphatic rings. The number of aromatic hydroxyl groups is 1. The van der Waals surface area contributed by atoms with Crippen molar-refractivity contribution in [2.24, 2.45) is 0 Å². The molecule has 0 aromatic heterocycles. The maximum Gasteiger partial charge on any atom is 0.167 e. The standard InChI is InChI=1S/C24H24BrNO3/c1-28-22-14-20(25)19-11-12-26-21(23(19)24(22)27)13-16-7-9-18(10-8-16)29-15-17-5-3-2-4-6-17/h2-10,14,21,26-27H,11-13,15H2,1H3/p+1. The van der Waals surface area contributed by atoms with Gasteiger partial charge in [-0.25, -0.2) is 0 Å². The van der Waals surface area contributed by atoms with Gasteiger partial charge in [0.1, 0.15) is 18.4 Å². The summed E-state index contributed by atoms with van der Waals surface area (Å²) in [7, 11) is 1.59. The predicted molar refractivity (Wildman–Crippen MR) is 117 cm³/mol. The van der Waals surface area contributed by atoms with Gasteiger partial charge in [0.05, 0.1) is 19.2 Å². The van der Waals surface area contributed by atoms with Gasteiger partial charge in [-0.3, -0.25) is 0 Å². The molecular weight excluding hydrogens is 430 g/mol. The smallest absolute Gasteiger partial charge is 0.167 e. The second-order valence-electron chi connectivity index (χ2n) is 7.30. The lowest BCUT2D eigenvalue weighted by Crippen LogP contribution is -2.87. The molecule has 1 heterocycles. The van der Waals surface area contributed by atoms with Crippen LogP contribution in [0, 0.1) is 0 Å². The van der Waals surface area contributed by atoms with Crippen molar-refractivity contribution >= 4 is 15.9 Å². The van der Waals surface area contributed by atoms with Gasteiger partial charge in [0, 0.05) is 17.3 Å². The number of halogens is 1. The second-order valence-corrected chi connectivity index (χ2v) is 8.16. The van der Waals surface area contributed by atoms with E-state index in [2.05, 4.69) is 45.5 Å². The molecule has 0 saturated carbocycles. The molecule has 0 saturated heterocycles. The molecule has 0 spiro atoms. The van der Waals surface area contributed by atoms with Crippen molar-refractivity contribution in [2.75, 3.05) is 13.7 Å². The number of rotatable bonds is 6. The number of phenols is 1. The Morgan fingerprint density at radius 1 is 1.07 bits per heavy atom. The number of phenolic OH excluding ortho intramolecular Hbond substituents is 1. The fourth-order valence-corrected chi connectivity index (χ4v) is 4.55. The summed E-state index contributed by atoms with van der Waals surface area (Å²) in [6.07, 6.45) is 1.76. The Labute approximate surface area is 179 Å². The van der Waals surface area contributed by atoms with E-state index in [1.54, 1.807) is 7.11 Å². The Hall–Kier alpha value is -2.50. The molecule has 0 radical (unpaired) electrons. The highest BCUT2D eigenvalue weighted by Gasteiger charge is 2.30. The third kappa shape index (κ3) is 4.41. The molecule has 1 atom stereocenters. The minimum atomic E-state index is 0.154. The van der Waals surface area contributed by atoms with E-state index in [4.69, 9.17) is 9.47 Å². The molecule has 5 heteroatoms. The lowest BCUT2D eigenvalue weighted by atomic mass is 9.89. The fraction of sp³-hybridized carbons (Fsp3) is 0.250. The molecule has 4 nitrogen and oxygen atoms in total. The molecule has 3 N–H and O–H groups in total. The quantitative estimate of drug-likeness (QED) is 0.588. The van der Waals surface area contributed by atoms with Gasteiger partial charge < -0.3 is 19.9 Å². The van der Waals surface area contributed by atoms with Crippen LogP contribution in [0.5, 0.6) is 17.2 Å². The summed E-state index contributed by atoms with van der Waals surface area (Å²) < 4.78 is 12.3. The Morgan fingerprint density at radius 2 is 1.83 bits per heavy atom. The second kappa shape index (κ2) is 8.89. The lowest BCUT2D eigenvalue weighted by Gasteiger charge is -2.26. The number of fused-ring (bicyclic) bond motifs is 1. The molecule has 3 aromatic carbocycles. The first-order valence-electron chi connectivity index (χ1n) is 9.83. The van der Waals surface area contributed by atoms with E-state index in [1.165, 1.54) is 11.1 Å². The van der Waals surface area contributed by atoms with Crippen LogP contribution < -0.4 is 14.8 Å². The van der Waals surface area contributed by atoms with Gasteiger partial charge in [-0.15, -0.1) is 0 Å². The van der Waals surface area contributed by atoms with Crippen LogP contribution >= 0.6 is 15.9 Å². The van der Waals surface area contributed by atoms with Gasteiger partial charge in [0.15, 0.2) is 11.5 Å². The van der Waals surface area contributed by atoms with E-state index in [-0.39, 0.29) is 11.8 Å². The minimum absolute atomic E-state index is 0.154. The van der Waals surface area contributed by atoms with Crippen LogP contribution in [0.4, 0.5) is 0 Å². The molecule has 4 rings (SSSR count). The first-order chi connectivity index (χ1) is 14.2. The predicted octanol–water partition coefficient (Wildman–Crippen LogP) is 4.15. The highest BCUT2D eigenvalue weighted by atomic mass is 79.9. The van der Waals surface area contributed by atoms with Gasteiger partial charge >= 0.3 is 0 Å². The fourth-order valence-electron chi connectivity index (χ4n) is 3.93. The van der Waals surface area contributed by atoms with Crippen LogP contribution in [0.2, 0.25) is 0 Å². The average Bonchev–Trinajstić information content (AvgIpc) is 2.76. The Balaban J connectivity index is 1.49. The topological polar surface area (TPSA) is 55.3 Å². The summed E-state index contributed by atoms with van der Waals surface area (Å²) in [4.78, 5) is 0. The van der Waals surface area contributed by atoms with E-state index in [9.17, 15) is 5.11 Å². The number of quaternary nitrogens is 1. The molecule has 1 unspecified atom stereocenters. The SMILES string of the molecule is COc1cc(Br)c2c(c1O)C(Cc1ccc(OCc3ccccc3)cc1)[NH2+]CC2. The van der Waals surface area contributed by atoms with E-state index < -0.39 is 0 Å². The summed E-state index contributed by atoms with van der Waals surface area (Å²) in [5.74, 6) is 1.63. The summed E-state index contributed by atoms with van der Waals surface area (Å²) >= 11 is 3.65. The Morgan fingerprint density at radius 3 is 2.55 bits per heavy atom. The molecule has 3 aromatic rings. The highest BCUT2D eigenvalue weighted by Crippen LogP contribution is 2.41. The molecular formula is C24H25BrNO3+. The summed E-state index contributed by atoms with van der Waals surface area (Å²) in [5, 5.41) is 13.0. The molecule has 0 amide bonds. The van der Waals surface area contributed by atoms with Gasteiger partial charge in [-0.05, 0) is 34.9 Å². The van der Waals surface area contributed by atoms with Crippen molar-refractivity contribution in [3.63, 3.8) is 0 Å². The molecule has 0 aliphatic carbocycles. The first kappa shape index (κ1) is 19.8. The maximum atomic E-state index is 10.7. The van der Waals surface area contributed by atoms with Crippen molar-refractivity contribution in [1.29, 1.82) is 0 Å². The van der Waals surface area contributed by atoms with Crippen molar-refractivity contribution in [3.8, 4) is 17.2 Å². The van der Waals surface area contributed by atoms with Crippen molar-refractivity contribution in [1.82, 2.24) is 0 Å². The zero-order valence-corrected chi connectivity index (χ0v) is 18.0. The number of methoxy groups -OCH3 is 1. The third-order valence-electron chi connectivity index (χ3n) is 5.42. The van der Waals surface area contributed by atoms with Crippen molar-refractivity contribution in [2.45, 2.75) is 25.5 Å². The van der Waals surface area contributed by atoms with E-state index >= 15 is 0 Å². The summed E-state index contributed by atoms with van der Waals surface area (Å²) in [6, 6.07) is 20.4. The molecule has 0 bridgehead atoms. The number of hydrogen-bond acceptors (Lipinski definition) is 3. The van der Waals surface area contributed by atoms with Gasteiger partial charge in [-0.2, -0.15) is 0 Å². The normalized spacial score (nSPS) is 15.6. The van der Waals surface area contributed by atoms with Crippen LogP contribution in [0.1, 0.15) is 28.3 Å². The lowest BCUT2D eigenvalue weighted by molar-refractivity contribution is -0.698. The average molecular weight is 455 g/mol. The molecule has 29 heavy (non-hydrogen) atoms. The minimum Gasteiger partial charge on any atom is -0.504 e. The molecule has 1 aliphatic heterocycles. The highest BCUT2D eigenvalue weighted by molar-refractivity contribution is 9.10. The van der Waals surface area contributed by atoms with E-state index in [1.807, 2.05) is 36.4 Å². The van der Waals surface area contributed by atoms with Crippen LogP contribution in [-0.4, -0.2) is 18.8 Å². The van der Waals surface area contributed by atoms with Gasteiger partial charge in [0.2, 0.25) is 0 Å². The maximum absolute atomic E-state index is 10.7. The van der Waals surface area contributed by atoms with Crippen molar-refractivity contribution < 1.29 is 19.9 Å². The zero-order valence-electron chi connectivity index (χ0n) is 16.4.